The molecule has 1 aliphatic rings. The minimum atomic E-state index is -0.849. The number of carbonyl (C=O) groups excluding carboxylic acids is 4. The average Bonchev–Trinajstić information content (AvgIpc) is 2.99. The summed E-state index contributed by atoms with van der Waals surface area (Å²) < 4.78 is 10.8. The molecule has 0 saturated heterocycles. The number of alkyl carbamates (subject to hydrolysis) is 2. The molecule has 1 aromatic rings. The molecule has 4 amide bonds. The van der Waals surface area contributed by atoms with Crippen molar-refractivity contribution in [3.05, 3.63) is 35.9 Å². The van der Waals surface area contributed by atoms with E-state index in [1.165, 1.54) is 6.42 Å². The molecule has 0 aliphatic heterocycles. The van der Waals surface area contributed by atoms with Gasteiger partial charge in [-0.25, -0.2) is 9.59 Å². The van der Waals surface area contributed by atoms with Gasteiger partial charge < -0.3 is 30.3 Å². The predicted octanol–water partition coefficient (Wildman–Crippen LogP) is 6.90. The van der Waals surface area contributed by atoms with Crippen molar-refractivity contribution >= 4 is 24.0 Å². The quantitative estimate of drug-likeness (QED) is 0.166. The Bertz CT molecular complexity index is 1110. The van der Waals surface area contributed by atoms with Gasteiger partial charge in [-0.15, -0.1) is 0 Å². The third kappa shape index (κ3) is 15.9. The molecule has 10 heteroatoms. The maximum absolute atomic E-state index is 14.4. The maximum Gasteiger partial charge on any atom is 0.408 e. The molecule has 3 N–H and O–H groups in total. The fourth-order valence-electron chi connectivity index (χ4n) is 5.78. The van der Waals surface area contributed by atoms with Gasteiger partial charge in [-0.1, -0.05) is 82.7 Å². The summed E-state index contributed by atoms with van der Waals surface area (Å²) in [5.41, 5.74) is -0.283. The largest absolute Gasteiger partial charge is 0.444 e. The number of nitrogens with one attached hydrogen (secondary N) is 3. The standard InChI is InChI=1S/C37H62N4O6/c1-9-27(2)31(40-35(45)47-37(6,7)8)32(42)39-30(26-28-20-14-12-15-21-28)33(43)41(29-22-16-13-17-23-29)25-19-11-10-18-24-38-34(44)46-36(3,4)5/h12,14-15,20-21,27,29-31H,9-11,13,16-19,22-26H2,1-8H3,(H,38,44)(H,39,42)(H,40,45)/t27-,30+,31-/m1/s1. The molecule has 0 radical (unpaired) electrons. The second-order valence-corrected chi connectivity index (χ2v) is 14.9. The zero-order valence-electron chi connectivity index (χ0n) is 30.3. The van der Waals surface area contributed by atoms with Gasteiger partial charge in [0, 0.05) is 25.6 Å². The summed E-state index contributed by atoms with van der Waals surface area (Å²) in [5, 5.41) is 8.64. The topological polar surface area (TPSA) is 126 Å². The number of nitrogens with zero attached hydrogens (tertiary/aromatic N) is 1. The fraction of sp³-hybridized carbons (Fsp3) is 0.730. The Kier molecular flexibility index (Phi) is 16.5. The minimum Gasteiger partial charge on any atom is -0.444 e. The highest BCUT2D eigenvalue weighted by Gasteiger charge is 2.35. The Morgan fingerprint density at radius 1 is 0.830 bits per heavy atom. The van der Waals surface area contributed by atoms with Crippen LogP contribution in [0.1, 0.15) is 125 Å². The van der Waals surface area contributed by atoms with Gasteiger partial charge >= 0.3 is 12.2 Å². The van der Waals surface area contributed by atoms with Gasteiger partial charge in [0.1, 0.15) is 23.3 Å². The zero-order chi connectivity index (χ0) is 35.0. The molecular formula is C37H62N4O6. The molecular weight excluding hydrogens is 596 g/mol. The van der Waals surface area contributed by atoms with Crippen molar-refractivity contribution in [2.75, 3.05) is 13.1 Å². The number of unbranched alkanes of at least 4 members (excludes halogenated alkanes) is 3. The van der Waals surface area contributed by atoms with Crippen molar-refractivity contribution in [3.63, 3.8) is 0 Å². The van der Waals surface area contributed by atoms with Crippen LogP contribution in [0.5, 0.6) is 0 Å². The summed E-state index contributed by atoms with van der Waals surface area (Å²) in [6.07, 6.45) is 8.66. The molecule has 0 bridgehead atoms. The molecule has 0 aromatic heterocycles. The number of hydrogen-bond acceptors (Lipinski definition) is 6. The first-order valence-electron chi connectivity index (χ1n) is 17.7. The van der Waals surface area contributed by atoms with E-state index in [1.807, 2.05) is 69.9 Å². The molecule has 10 nitrogen and oxygen atoms in total. The molecule has 1 fully saturated rings. The van der Waals surface area contributed by atoms with Crippen LogP contribution in [0.2, 0.25) is 0 Å². The van der Waals surface area contributed by atoms with Crippen LogP contribution < -0.4 is 16.0 Å². The lowest BCUT2D eigenvalue weighted by molar-refractivity contribution is -0.139. The lowest BCUT2D eigenvalue weighted by Crippen LogP contribution is -2.58. The first kappa shape index (κ1) is 39.9. The van der Waals surface area contributed by atoms with E-state index in [0.717, 1.165) is 56.9 Å². The van der Waals surface area contributed by atoms with E-state index in [-0.39, 0.29) is 23.8 Å². The molecule has 1 aromatic carbocycles. The number of carbonyl (C=O) groups is 4. The highest BCUT2D eigenvalue weighted by atomic mass is 16.6. The Morgan fingerprint density at radius 2 is 1.43 bits per heavy atom. The van der Waals surface area contributed by atoms with E-state index in [0.29, 0.717) is 25.9 Å². The Hall–Kier alpha value is -3.30. The van der Waals surface area contributed by atoms with Crippen LogP contribution in [0.15, 0.2) is 30.3 Å². The first-order chi connectivity index (χ1) is 22.1. The number of amides is 4. The molecule has 3 atom stereocenters. The minimum absolute atomic E-state index is 0.0825. The summed E-state index contributed by atoms with van der Waals surface area (Å²) >= 11 is 0. The molecule has 2 rings (SSSR count). The Balaban J connectivity index is 2.16. The summed E-state index contributed by atoms with van der Waals surface area (Å²) in [7, 11) is 0. The normalized spacial score (nSPS) is 15.9. The van der Waals surface area contributed by atoms with Crippen molar-refractivity contribution in [1.82, 2.24) is 20.9 Å². The van der Waals surface area contributed by atoms with Crippen molar-refractivity contribution in [2.45, 2.75) is 155 Å². The van der Waals surface area contributed by atoms with E-state index in [1.54, 1.807) is 20.8 Å². The highest BCUT2D eigenvalue weighted by molar-refractivity contribution is 5.91. The number of rotatable bonds is 16. The van der Waals surface area contributed by atoms with Crippen LogP contribution in [0.3, 0.4) is 0 Å². The van der Waals surface area contributed by atoms with Crippen LogP contribution >= 0.6 is 0 Å². The van der Waals surface area contributed by atoms with Crippen LogP contribution in [0.25, 0.3) is 0 Å². The smallest absolute Gasteiger partial charge is 0.408 e. The molecule has 0 unspecified atom stereocenters. The van der Waals surface area contributed by atoms with E-state index < -0.39 is 35.5 Å². The molecule has 0 spiro atoms. The summed E-state index contributed by atoms with van der Waals surface area (Å²) in [6, 6.07) is 8.23. The summed E-state index contributed by atoms with van der Waals surface area (Å²) in [5.74, 6) is -0.643. The van der Waals surface area contributed by atoms with Gasteiger partial charge in [0.15, 0.2) is 0 Å². The Morgan fingerprint density at radius 3 is 2.02 bits per heavy atom. The zero-order valence-corrected chi connectivity index (χ0v) is 30.3. The van der Waals surface area contributed by atoms with Crippen molar-refractivity contribution < 1.29 is 28.7 Å². The molecule has 0 heterocycles. The van der Waals surface area contributed by atoms with Gasteiger partial charge in [-0.3, -0.25) is 9.59 Å². The SMILES string of the molecule is CC[C@@H](C)[C@@H](NC(=O)OC(C)(C)C)C(=O)N[C@@H](Cc1ccccc1)C(=O)N(CCCCCCNC(=O)OC(C)(C)C)C1CCCCC1. The highest BCUT2D eigenvalue weighted by Crippen LogP contribution is 2.25. The van der Waals surface area contributed by atoms with Gasteiger partial charge in [-0.2, -0.15) is 0 Å². The number of benzene rings is 1. The van der Waals surface area contributed by atoms with Crippen LogP contribution in [0, 0.1) is 5.92 Å². The number of ether oxygens (including phenoxy) is 2. The van der Waals surface area contributed by atoms with Gasteiger partial charge in [0.05, 0.1) is 0 Å². The van der Waals surface area contributed by atoms with Crippen LogP contribution in [-0.4, -0.2) is 71.3 Å². The second kappa shape index (κ2) is 19.5. The second-order valence-electron chi connectivity index (χ2n) is 14.9. The number of hydrogen-bond donors (Lipinski definition) is 3. The molecule has 47 heavy (non-hydrogen) atoms. The van der Waals surface area contributed by atoms with Crippen molar-refractivity contribution in [2.24, 2.45) is 5.92 Å². The predicted molar refractivity (Wildman–Crippen MR) is 186 cm³/mol. The molecule has 266 valence electrons. The van der Waals surface area contributed by atoms with Crippen LogP contribution in [0.4, 0.5) is 9.59 Å². The lowest BCUT2D eigenvalue weighted by atomic mass is 9.92. The Labute approximate surface area is 283 Å². The monoisotopic (exact) mass is 658 g/mol. The third-order valence-corrected chi connectivity index (χ3v) is 8.36. The molecule has 1 saturated carbocycles. The third-order valence-electron chi connectivity index (χ3n) is 8.36. The van der Waals surface area contributed by atoms with E-state index in [9.17, 15) is 19.2 Å². The first-order valence-corrected chi connectivity index (χ1v) is 17.7. The van der Waals surface area contributed by atoms with Crippen LogP contribution in [-0.2, 0) is 25.5 Å². The fourth-order valence-corrected chi connectivity index (χ4v) is 5.78. The summed E-state index contributed by atoms with van der Waals surface area (Å²) in [6.45, 7) is 15.9. The molecule has 1 aliphatic carbocycles. The van der Waals surface area contributed by atoms with E-state index in [4.69, 9.17) is 9.47 Å². The average molecular weight is 659 g/mol. The van der Waals surface area contributed by atoms with E-state index in [2.05, 4.69) is 16.0 Å². The lowest BCUT2D eigenvalue weighted by Gasteiger charge is -2.37. The summed E-state index contributed by atoms with van der Waals surface area (Å²) in [4.78, 5) is 54.9. The van der Waals surface area contributed by atoms with E-state index >= 15 is 0 Å². The van der Waals surface area contributed by atoms with Gasteiger partial charge in [0.2, 0.25) is 11.8 Å². The van der Waals surface area contributed by atoms with Crippen molar-refractivity contribution in [3.8, 4) is 0 Å². The maximum atomic E-state index is 14.4. The van der Waals surface area contributed by atoms with Crippen molar-refractivity contribution in [1.29, 1.82) is 0 Å². The van der Waals surface area contributed by atoms with Gasteiger partial charge in [-0.05, 0) is 78.7 Å². The van der Waals surface area contributed by atoms with Gasteiger partial charge in [0.25, 0.3) is 0 Å².